The number of likely N-dealkylation sites (N-methyl/N-ethyl adjacent to an activating group) is 1. The van der Waals surface area contributed by atoms with E-state index in [9.17, 15) is 13.2 Å². The van der Waals surface area contributed by atoms with Crippen LogP contribution in [0.5, 0.6) is 0 Å². The van der Waals surface area contributed by atoms with Crippen molar-refractivity contribution in [3.63, 3.8) is 0 Å². The Morgan fingerprint density at radius 2 is 1.92 bits per heavy atom. The Bertz CT molecular complexity index is 147. The van der Waals surface area contributed by atoms with Crippen molar-refractivity contribution in [2.75, 3.05) is 20.1 Å². The summed E-state index contributed by atoms with van der Waals surface area (Å²) in [5, 5.41) is 0. The Morgan fingerprint density at radius 1 is 1.33 bits per heavy atom. The largest absolute Gasteiger partial charge is 0.393 e. The van der Waals surface area contributed by atoms with Gasteiger partial charge in [-0.15, -0.1) is 0 Å². The van der Waals surface area contributed by atoms with Gasteiger partial charge in [0.1, 0.15) is 0 Å². The minimum atomic E-state index is -4.09. The highest BCUT2D eigenvalue weighted by Crippen LogP contribution is 2.32. The van der Waals surface area contributed by atoms with Crippen LogP contribution in [0.3, 0.4) is 0 Å². The molecule has 5 heteroatoms. The fourth-order valence-electron chi connectivity index (χ4n) is 1.60. The minimum Gasteiger partial charge on any atom is -0.327 e. The molecular weight excluding hydrogens is 169 g/mol. The first-order valence-electron chi connectivity index (χ1n) is 3.90. The summed E-state index contributed by atoms with van der Waals surface area (Å²) in [6.45, 7) is 0.643. The standard InChI is InChI=1S/C7H13F3N2/c1-12-3-5(7(8,9)10)2-6(11)4-12/h5-6H,2-4,11H2,1H3/t5?,6-/m0/s1. The van der Waals surface area contributed by atoms with Gasteiger partial charge >= 0.3 is 6.18 Å². The van der Waals surface area contributed by atoms with Crippen LogP contribution >= 0.6 is 0 Å². The molecule has 1 aliphatic heterocycles. The summed E-state index contributed by atoms with van der Waals surface area (Å²) in [6.07, 6.45) is -4.03. The number of hydrogen-bond donors (Lipinski definition) is 1. The van der Waals surface area contributed by atoms with E-state index in [4.69, 9.17) is 5.73 Å². The van der Waals surface area contributed by atoms with E-state index in [1.807, 2.05) is 0 Å². The topological polar surface area (TPSA) is 29.3 Å². The molecule has 1 rings (SSSR count). The Hall–Kier alpha value is -0.290. The molecule has 0 aromatic heterocycles. The van der Waals surface area contributed by atoms with Gasteiger partial charge in [-0.2, -0.15) is 13.2 Å². The lowest BCUT2D eigenvalue weighted by Crippen LogP contribution is -2.49. The first kappa shape index (κ1) is 9.80. The molecule has 72 valence electrons. The molecule has 2 nitrogen and oxygen atoms in total. The second-order valence-corrected chi connectivity index (χ2v) is 3.46. The van der Waals surface area contributed by atoms with Gasteiger partial charge in [-0.3, -0.25) is 0 Å². The van der Waals surface area contributed by atoms with Gasteiger partial charge in [0.2, 0.25) is 0 Å². The molecule has 0 aromatic carbocycles. The number of nitrogens with two attached hydrogens (primary N) is 1. The number of likely N-dealkylation sites (tertiary alicyclic amines) is 1. The number of halogens is 3. The molecule has 0 aliphatic carbocycles. The number of hydrogen-bond acceptors (Lipinski definition) is 2. The van der Waals surface area contributed by atoms with Gasteiger partial charge in [0.15, 0.2) is 0 Å². The predicted octanol–water partition coefficient (Wildman–Crippen LogP) is 0.828. The van der Waals surface area contributed by atoms with E-state index < -0.39 is 12.1 Å². The summed E-state index contributed by atoms with van der Waals surface area (Å²) in [4.78, 5) is 1.63. The lowest BCUT2D eigenvalue weighted by molar-refractivity contribution is -0.186. The van der Waals surface area contributed by atoms with Crippen LogP contribution < -0.4 is 5.73 Å². The Labute approximate surface area is 69.5 Å². The van der Waals surface area contributed by atoms with E-state index in [-0.39, 0.29) is 19.0 Å². The van der Waals surface area contributed by atoms with E-state index in [0.717, 1.165) is 0 Å². The van der Waals surface area contributed by atoms with Crippen molar-refractivity contribution in [2.45, 2.75) is 18.6 Å². The summed E-state index contributed by atoms with van der Waals surface area (Å²) in [6, 6.07) is -0.338. The molecule has 0 spiro atoms. The molecule has 0 amide bonds. The molecule has 0 aromatic rings. The summed E-state index contributed by atoms with van der Waals surface area (Å²) in [7, 11) is 1.66. The molecule has 1 fully saturated rings. The second-order valence-electron chi connectivity index (χ2n) is 3.46. The highest BCUT2D eigenvalue weighted by molar-refractivity contribution is 4.83. The number of rotatable bonds is 0. The average Bonchev–Trinajstić information content (AvgIpc) is 1.82. The van der Waals surface area contributed by atoms with Crippen molar-refractivity contribution in [1.82, 2.24) is 4.90 Å². The third kappa shape index (κ3) is 2.35. The summed E-state index contributed by atoms with van der Waals surface area (Å²) >= 11 is 0. The van der Waals surface area contributed by atoms with Crippen LogP contribution in [0.2, 0.25) is 0 Å². The maximum atomic E-state index is 12.2. The third-order valence-electron chi connectivity index (χ3n) is 2.13. The van der Waals surface area contributed by atoms with Crippen molar-refractivity contribution in [3.05, 3.63) is 0 Å². The Morgan fingerprint density at radius 3 is 2.33 bits per heavy atom. The zero-order chi connectivity index (χ0) is 9.35. The molecule has 0 bridgehead atoms. The van der Waals surface area contributed by atoms with Gasteiger partial charge in [0, 0.05) is 19.1 Å². The fourth-order valence-corrected chi connectivity index (χ4v) is 1.60. The van der Waals surface area contributed by atoms with Crippen molar-refractivity contribution < 1.29 is 13.2 Å². The van der Waals surface area contributed by atoms with Crippen LogP contribution in [0.4, 0.5) is 13.2 Å². The van der Waals surface area contributed by atoms with Crippen LogP contribution in [-0.4, -0.2) is 37.3 Å². The van der Waals surface area contributed by atoms with E-state index in [2.05, 4.69) is 0 Å². The molecule has 0 saturated carbocycles. The number of piperidine rings is 1. The van der Waals surface area contributed by atoms with Gasteiger partial charge in [-0.25, -0.2) is 0 Å². The van der Waals surface area contributed by atoms with E-state index in [0.29, 0.717) is 6.54 Å². The molecule has 1 saturated heterocycles. The summed E-state index contributed by atoms with van der Waals surface area (Å²) in [5.74, 6) is -1.24. The zero-order valence-electron chi connectivity index (χ0n) is 6.93. The summed E-state index contributed by atoms with van der Waals surface area (Å²) < 4.78 is 36.6. The number of nitrogens with zero attached hydrogens (tertiary/aromatic N) is 1. The van der Waals surface area contributed by atoms with Gasteiger partial charge in [0.05, 0.1) is 5.92 Å². The zero-order valence-corrected chi connectivity index (χ0v) is 6.93. The van der Waals surface area contributed by atoms with E-state index in [1.54, 1.807) is 11.9 Å². The lowest BCUT2D eigenvalue weighted by atomic mass is 9.95. The molecule has 0 radical (unpaired) electrons. The van der Waals surface area contributed by atoms with E-state index >= 15 is 0 Å². The van der Waals surface area contributed by atoms with Gasteiger partial charge in [-0.05, 0) is 13.5 Å². The molecule has 1 aliphatic rings. The molecule has 12 heavy (non-hydrogen) atoms. The van der Waals surface area contributed by atoms with Gasteiger partial charge in [0.25, 0.3) is 0 Å². The SMILES string of the molecule is CN1CC(C(F)(F)F)C[C@H](N)C1. The highest BCUT2D eigenvalue weighted by atomic mass is 19.4. The maximum absolute atomic E-state index is 12.2. The predicted molar refractivity (Wildman–Crippen MR) is 39.6 cm³/mol. The van der Waals surface area contributed by atoms with E-state index in [1.165, 1.54) is 0 Å². The quantitative estimate of drug-likeness (QED) is 0.601. The molecular formula is C7H13F3N2. The smallest absolute Gasteiger partial charge is 0.327 e. The van der Waals surface area contributed by atoms with Gasteiger partial charge < -0.3 is 10.6 Å². The highest BCUT2D eigenvalue weighted by Gasteiger charge is 2.42. The Balaban J connectivity index is 2.55. The van der Waals surface area contributed by atoms with Crippen molar-refractivity contribution >= 4 is 0 Å². The summed E-state index contributed by atoms with van der Waals surface area (Å²) in [5.41, 5.74) is 5.47. The molecule has 1 unspecified atom stereocenters. The van der Waals surface area contributed by atoms with Crippen molar-refractivity contribution in [1.29, 1.82) is 0 Å². The average molecular weight is 182 g/mol. The monoisotopic (exact) mass is 182 g/mol. The third-order valence-corrected chi connectivity index (χ3v) is 2.13. The van der Waals surface area contributed by atoms with Gasteiger partial charge in [-0.1, -0.05) is 0 Å². The van der Waals surface area contributed by atoms with Crippen LogP contribution in [0, 0.1) is 5.92 Å². The minimum absolute atomic E-state index is 0.0633. The second kappa shape index (κ2) is 3.22. The van der Waals surface area contributed by atoms with Crippen LogP contribution in [0.25, 0.3) is 0 Å². The van der Waals surface area contributed by atoms with Crippen LogP contribution in [0.1, 0.15) is 6.42 Å². The first-order chi connectivity index (χ1) is 5.39. The van der Waals surface area contributed by atoms with Crippen LogP contribution in [-0.2, 0) is 0 Å². The van der Waals surface area contributed by atoms with Crippen molar-refractivity contribution in [3.8, 4) is 0 Å². The number of alkyl halides is 3. The first-order valence-corrected chi connectivity index (χ1v) is 3.90. The Kier molecular flexibility index (Phi) is 2.63. The van der Waals surface area contributed by atoms with Crippen molar-refractivity contribution in [2.24, 2.45) is 11.7 Å². The molecule has 1 heterocycles. The fraction of sp³-hybridized carbons (Fsp3) is 1.00. The normalized spacial score (nSPS) is 33.8. The molecule has 2 N–H and O–H groups in total. The maximum Gasteiger partial charge on any atom is 0.393 e. The molecule has 2 atom stereocenters. The lowest BCUT2D eigenvalue weighted by Gasteiger charge is -2.34. The van der Waals surface area contributed by atoms with Crippen LogP contribution in [0.15, 0.2) is 0 Å².